The van der Waals surface area contributed by atoms with E-state index in [1.54, 1.807) is 38.1 Å². The zero-order valence-electron chi connectivity index (χ0n) is 16.7. The van der Waals surface area contributed by atoms with Gasteiger partial charge < -0.3 is 15.4 Å². The van der Waals surface area contributed by atoms with Gasteiger partial charge in [-0.3, -0.25) is 9.59 Å². The molecule has 0 fully saturated rings. The van der Waals surface area contributed by atoms with Crippen LogP contribution in [0, 0.1) is 18.7 Å². The minimum atomic E-state index is -0.882. The molecule has 2 N–H and O–H groups in total. The third kappa shape index (κ3) is 6.71. The van der Waals surface area contributed by atoms with Crippen LogP contribution in [0.5, 0.6) is 0 Å². The first-order valence-corrected chi connectivity index (χ1v) is 9.32. The van der Waals surface area contributed by atoms with Crippen LogP contribution in [0.25, 0.3) is 0 Å². The van der Waals surface area contributed by atoms with Crippen LogP contribution in [-0.4, -0.2) is 30.4 Å². The summed E-state index contributed by atoms with van der Waals surface area (Å²) in [4.78, 5) is 36.8. The highest BCUT2D eigenvalue weighted by Gasteiger charge is 2.27. The van der Waals surface area contributed by atoms with E-state index in [1.807, 2.05) is 19.1 Å². The second-order valence-electron chi connectivity index (χ2n) is 7.02. The zero-order valence-corrected chi connectivity index (χ0v) is 16.7. The van der Waals surface area contributed by atoms with E-state index in [0.29, 0.717) is 5.56 Å². The minimum absolute atomic E-state index is 0.189. The van der Waals surface area contributed by atoms with Crippen LogP contribution in [0.4, 0.5) is 4.39 Å². The van der Waals surface area contributed by atoms with Gasteiger partial charge in [0.05, 0.1) is 0 Å². The summed E-state index contributed by atoms with van der Waals surface area (Å²) in [5, 5.41) is 5.27. The number of rotatable bonds is 8. The van der Waals surface area contributed by atoms with E-state index in [2.05, 4.69) is 10.6 Å². The summed E-state index contributed by atoms with van der Waals surface area (Å²) in [6.07, 6.45) is 0. The average molecular weight is 400 g/mol. The number of carbonyl (C=O) groups excluding carboxylic acids is 3. The molecule has 2 aromatic carbocycles. The van der Waals surface area contributed by atoms with Crippen molar-refractivity contribution in [2.24, 2.45) is 5.92 Å². The summed E-state index contributed by atoms with van der Waals surface area (Å²) in [5.74, 6) is -2.13. The van der Waals surface area contributed by atoms with Gasteiger partial charge in [0.15, 0.2) is 6.61 Å². The zero-order chi connectivity index (χ0) is 21.4. The van der Waals surface area contributed by atoms with Crippen molar-refractivity contribution in [3.63, 3.8) is 0 Å². The molecule has 0 aliphatic carbocycles. The Morgan fingerprint density at radius 3 is 2.31 bits per heavy atom. The maximum Gasteiger partial charge on any atom is 0.329 e. The van der Waals surface area contributed by atoms with Gasteiger partial charge in [-0.1, -0.05) is 44.2 Å². The molecule has 0 unspecified atom stereocenters. The number of nitrogens with one attached hydrogen (secondary N) is 2. The van der Waals surface area contributed by atoms with E-state index >= 15 is 0 Å². The standard InChI is InChI=1S/C22H25FN2O4/c1-14(2)20(25-21(27)18-7-5-4-6-15(18)3)22(28)29-13-19(26)24-12-16-8-10-17(23)11-9-16/h4-11,14,20H,12-13H2,1-3H3,(H,24,26)(H,25,27)/t20-/m0/s1. The van der Waals surface area contributed by atoms with Crippen LogP contribution in [0.2, 0.25) is 0 Å². The Hall–Kier alpha value is -3.22. The molecule has 0 heterocycles. The number of hydrogen-bond acceptors (Lipinski definition) is 4. The van der Waals surface area contributed by atoms with Gasteiger partial charge in [-0.05, 0) is 42.2 Å². The summed E-state index contributed by atoms with van der Waals surface area (Å²) >= 11 is 0. The van der Waals surface area contributed by atoms with Gasteiger partial charge in [-0.15, -0.1) is 0 Å². The van der Waals surface area contributed by atoms with Gasteiger partial charge in [-0.2, -0.15) is 0 Å². The molecular weight excluding hydrogens is 375 g/mol. The molecule has 0 spiro atoms. The molecule has 6 nitrogen and oxygen atoms in total. The maximum atomic E-state index is 12.9. The van der Waals surface area contributed by atoms with Crippen LogP contribution in [-0.2, 0) is 20.9 Å². The molecule has 0 aromatic heterocycles. The van der Waals surface area contributed by atoms with Gasteiger partial charge in [-0.25, -0.2) is 9.18 Å². The number of amides is 2. The van der Waals surface area contributed by atoms with Crippen molar-refractivity contribution in [1.82, 2.24) is 10.6 Å². The first kappa shape index (κ1) is 22.1. The number of aryl methyl sites for hydroxylation is 1. The molecule has 0 saturated heterocycles. The molecule has 1 atom stereocenters. The Balaban J connectivity index is 1.87. The maximum absolute atomic E-state index is 12.9. The first-order valence-electron chi connectivity index (χ1n) is 9.32. The largest absolute Gasteiger partial charge is 0.454 e. The highest BCUT2D eigenvalue weighted by molar-refractivity contribution is 5.98. The molecular formula is C22H25FN2O4. The van der Waals surface area contributed by atoms with E-state index in [9.17, 15) is 18.8 Å². The molecule has 2 amide bonds. The number of carbonyl (C=O) groups is 3. The third-order valence-electron chi connectivity index (χ3n) is 4.35. The molecule has 0 aliphatic rings. The van der Waals surface area contributed by atoms with Crippen LogP contribution in [0.15, 0.2) is 48.5 Å². The van der Waals surface area contributed by atoms with E-state index < -0.39 is 24.5 Å². The smallest absolute Gasteiger partial charge is 0.329 e. The Morgan fingerprint density at radius 1 is 1.03 bits per heavy atom. The van der Waals surface area contributed by atoms with Crippen molar-refractivity contribution >= 4 is 17.8 Å². The van der Waals surface area contributed by atoms with E-state index in [4.69, 9.17) is 4.74 Å². The van der Waals surface area contributed by atoms with E-state index in [1.165, 1.54) is 12.1 Å². The Kier molecular flexibility index (Phi) is 7.88. The highest BCUT2D eigenvalue weighted by atomic mass is 19.1. The molecule has 2 aromatic rings. The molecule has 29 heavy (non-hydrogen) atoms. The van der Waals surface area contributed by atoms with Crippen molar-refractivity contribution < 1.29 is 23.5 Å². The summed E-state index contributed by atoms with van der Waals surface area (Å²) in [6.45, 7) is 5.08. The average Bonchev–Trinajstić information content (AvgIpc) is 2.69. The SMILES string of the molecule is Cc1ccccc1C(=O)N[C@H](C(=O)OCC(=O)NCc1ccc(F)cc1)C(C)C. The Morgan fingerprint density at radius 2 is 1.69 bits per heavy atom. The van der Waals surface area contributed by atoms with Gasteiger partial charge in [0.25, 0.3) is 11.8 Å². The van der Waals surface area contributed by atoms with Crippen molar-refractivity contribution in [2.75, 3.05) is 6.61 Å². The van der Waals surface area contributed by atoms with Crippen LogP contribution >= 0.6 is 0 Å². The molecule has 0 saturated carbocycles. The topological polar surface area (TPSA) is 84.5 Å². The van der Waals surface area contributed by atoms with Crippen molar-refractivity contribution in [3.8, 4) is 0 Å². The van der Waals surface area contributed by atoms with Gasteiger partial charge in [0.2, 0.25) is 0 Å². The Bertz CT molecular complexity index is 865. The van der Waals surface area contributed by atoms with Gasteiger partial charge in [0, 0.05) is 12.1 Å². The second kappa shape index (κ2) is 10.4. The molecule has 0 radical (unpaired) electrons. The molecule has 2 rings (SSSR count). The number of esters is 1. The molecule has 0 aliphatic heterocycles. The van der Waals surface area contributed by atoms with E-state index in [0.717, 1.165) is 11.1 Å². The fourth-order valence-electron chi connectivity index (χ4n) is 2.62. The number of ether oxygens (including phenoxy) is 1. The fraction of sp³-hybridized carbons (Fsp3) is 0.318. The van der Waals surface area contributed by atoms with E-state index in [-0.39, 0.29) is 24.2 Å². The summed E-state index contributed by atoms with van der Waals surface area (Å²) in [6, 6.07) is 11.9. The summed E-state index contributed by atoms with van der Waals surface area (Å²) in [5.41, 5.74) is 1.99. The van der Waals surface area contributed by atoms with Crippen molar-refractivity contribution in [1.29, 1.82) is 0 Å². The van der Waals surface area contributed by atoms with Crippen LogP contribution in [0.1, 0.15) is 35.3 Å². The molecule has 7 heteroatoms. The lowest BCUT2D eigenvalue weighted by molar-refractivity contribution is -0.151. The lowest BCUT2D eigenvalue weighted by atomic mass is 10.0. The minimum Gasteiger partial charge on any atom is -0.454 e. The van der Waals surface area contributed by atoms with Crippen LogP contribution < -0.4 is 10.6 Å². The predicted octanol–water partition coefficient (Wildman–Crippen LogP) is 2.75. The lowest BCUT2D eigenvalue weighted by Crippen LogP contribution is -2.46. The van der Waals surface area contributed by atoms with Crippen LogP contribution in [0.3, 0.4) is 0 Å². The monoisotopic (exact) mass is 400 g/mol. The Labute approximate surface area is 169 Å². The predicted molar refractivity (Wildman–Crippen MR) is 106 cm³/mol. The van der Waals surface area contributed by atoms with Crippen molar-refractivity contribution in [3.05, 3.63) is 71.0 Å². The molecule has 154 valence electrons. The lowest BCUT2D eigenvalue weighted by Gasteiger charge is -2.21. The van der Waals surface area contributed by atoms with Gasteiger partial charge in [0.1, 0.15) is 11.9 Å². The van der Waals surface area contributed by atoms with Gasteiger partial charge >= 0.3 is 5.97 Å². The normalized spacial score (nSPS) is 11.6. The highest BCUT2D eigenvalue weighted by Crippen LogP contribution is 2.10. The molecule has 0 bridgehead atoms. The first-order chi connectivity index (χ1) is 13.8. The quantitative estimate of drug-likeness (QED) is 0.668. The number of halogens is 1. The number of benzene rings is 2. The summed E-state index contributed by atoms with van der Waals surface area (Å²) in [7, 11) is 0. The number of hydrogen-bond donors (Lipinski definition) is 2. The third-order valence-corrected chi connectivity index (χ3v) is 4.35. The second-order valence-corrected chi connectivity index (χ2v) is 7.02. The summed E-state index contributed by atoms with van der Waals surface area (Å²) < 4.78 is 18.0. The van der Waals surface area contributed by atoms with Crippen molar-refractivity contribution in [2.45, 2.75) is 33.4 Å². The fourth-order valence-corrected chi connectivity index (χ4v) is 2.62.